The summed E-state index contributed by atoms with van der Waals surface area (Å²) in [5.41, 5.74) is 9.73. The predicted octanol–water partition coefficient (Wildman–Crippen LogP) is 3.07. The Kier molecular flexibility index (Phi) is 2.35. The lowest BCUT2D eigenvalue weighted by Gasteiger charge is -2.05. The molecule has 0 saturated heterocycles. The van der Waals surface area contributed by atoms with Crippen molar-refractivity contribution in [3.8, 4) is 17.1 Å². The summed E-state index contributed by atoms with van der Waals surface area (Å²) in [7, 11) is 0. The largest absolute Gasteiger partial charge is 0.506 e. The molecule has 0 saturated carbocycles. The van der Waals surface area contributed by atoms with Gasteiger partial charge in [0.05, 0.1) is 22.3 Å². The third-order valence-corrected chi connectivity index (χ3v) is 3.57. The minimum atomic E-state index is 0.165. The van der Waals surface area contributed by atoms with E-state index in [9.17, 15) is 5.11 Å². The van der Waals surface area contributed by atoms with Gasteiger partial charge in [-0.15, -0.1) is 0 Å². The quantitative estimate of drug-likeness (QED) is 0.498. The summed E-state index contributed by atoms with van der Waals surface area (Å²) < 4.78 is 0. The standard InChI is InChI=1S/C16H12N4O/c17-14-9-4-1-2-5-11(9)18-8-10(14)16-19-12-6-3-7-13(21)15(12)20-16/h1-8,21H,(H2,17,18)(H,19,20). The van der Waals surface area contributed by atoms with Crippen LogP contribution < -0.4 is 5.73 Å². The first-order chi connectivity index (χ1) is 10.2. The molecule has 2 heterocycles. The van der Waals surface area contributed by atoms with Crippen LogP contribution in [0.3, 0.4) is 0 Å². The number of phenolic OH excluding ortho intramolecular Hbond substituents is 1. The third kappa shape index (κ3) is 1.71. The van der Waals surface area contributed by atoms with Crippen LogP contribution in [0.2, 0.25) is 0 Å². The van der Waals surface area contributed by atoms with Gasteiger partial charge in [-0.2, -0.15) is 0 Å². The van der Waals surface area contributed by atoms with E-state index in [0.717, 1.165) is 16.5 Å². The number of hydrogen-bond acceptors (Lipinski definition) is 4. The van der Waals surface area contributed by atoms with Crippen LogP contribution >= 0.6 is 0 Å². The maximum absolute atomic E-state index is 9.85. The Morgan fingerprint density at radius 1 is 1.00 bits per heavy atom. The molecule has 102 valence electrons. The minimum absolute atomic E-state index is 0.165. The van der Waals surface area contributed by atoms with Crippen LogP contribution in [0.4, 0.5) is 5.69 Å². The van der Waals surface area contributed by atoms with Gasteiger partial charge in [0.1, 0.15) is 17.1 Å². The molecular formula is C16H12N4O. The van der Waals surface area contributed by atoms with Crippen molar-refractivity contribution in [2.24, 2.45) is 0 Å². The van der Waals surface area contributed by atoms with Crippen molar-refractivity contribution in [2.75, 3.05) is 5.73 Å². The topological polar surface area (TPSA) is 87.8 Å². The molecule has 4 rings (SSSR count). The predicted molar refractivity (Wildman–Crippen MR) is 82.9 cm³/mol. The van der Waals surface area contributed by atoms with Crippen LogP contribution in [0.5, 0.6) is 5.75 Å². The summed E-state index contributed by atoms with van der Waals surface area (Å²) in [5.74, 6) is 0.765. The van der Waals surface area contributed by atoms with Crippen molar-refractivity contribution in [3.05, 3.63) is 48.7 Å². The molecule has 0 bridgehead atoms. The number of nitrogens with two attached hydrogens (primary N) is 1. The number of benzene rings is 2. The number of nitrogens with one attached hydrogen (secondary N) is 1. The first kappa shape index (κ1) is 11.7. The zero-order chi connectivity index (χ0) is 14.4. The van der Waals surface area contributed by atoms with Crippen LogP contribution in [-0.2, 0) is 0 Å². The highest BCUT2D eigenvalue weighted by Crippen LogP contribution is 2.32. The summed E-state index contributed by atoms with van der Waals surface area (Å²) in [6.45, 7) is 0. The van der Waals surface area contributed by atoms with Crippen LogP contribution in [0, 0.1) is 0 Å². The first-order valence-electron chi connectivity index (χ1n) is 6.55. The molecule has 0 aliphatic heterocycles. The lowest BCUT2D eigenvalue weighted by Crippen LogP contribution is -1.95. The molecule has 21 heavy (non-hydrogen) atoms. The fraction of sp³-hybridized carbons (Fsp3) is 0. The number of rotatable bonds is 1. The molecule has 2 aromatic heterocycles. The zero-order valence-corrected chi connectivity index (χ0v) is 11.0. The average molecular weight is 276 g/mol. The molecule has 4 N–H and O–H groups in total. The molecule has 5 nitrogen and oxygen atoms in total. The molecule has 0 radical (unpaired) electrons. The highest BCUT2D eigenvalue weighted by molar-refractivity contribution is 5.98. The molecule has 0 aliphatic carbocycles. The number of anilines is 1. The molecule has 2 aromatic carbocycles. The number of para-hydroxylation sites is 2. The lowest BCUT2D eigenvalue weighted by molar-refractivity contribution is 0.480. The van der Waals surface area contributed by atoms with E-state index in [4.69, 9.17) is 5.73 Å². The SMILES string of the molecule is Nc1c(-c2nc3cccc(O)c3[nH]2)cnc2ccccc12. The van der Waals surface area contributed by atoms with Crippen LogP contribution in [0.25, 0.3) is 33.3 Å². The van der Waals surface area contributed by atoms with Crippen molar-refractivity contribution in [1.82, 2.24) is 15.0 Å². The summed E-state index contributed by atoms with van der Waals surface area (Å²) in [6, 6.07) is 12.9. The summed E-state index contributed by atoms with van der Waals surface area (Å²) in [6.07, 6.45) is 1.70. The number of imidazole rings is 1. The Morgan fingerprint density at radius 2 is 1.81 bits per heavy atom. The van der Waals surface area contributed by atoms with Gasteiger partial charge in [-0.05, 0) is 18.2 Å². The lowest BCUT2D eigenvalue weighted by atomic mass is 10.1. The normalized spacial score (nSPS) is 11.2. The smallest absolute Gasteiger partial charge is 0.142 e. The number of fused-ring (bicyclic) bond motifs is 2. The van der Waals surface area contributed by atoms with Gasteiger partial charge in [-0.25, -0.2) is 4.98 Å². The molecule has 0 spiro atoms. The van der Waals surface area contributed by atoms with E-state index in [1.807, 2.05) is 30.3 Å². The van der Waals surface area contributed by atoms with E-state index in [1.165, 1.54) is 0 Å². The number of H-pyrrole nitrogens is 1. The Hall–Kier alpha value is -3.08. The van der Waals surface area contributed by atoms with Crippen LogP contribution in [-0.4, -0.2) is 20.1 Å². The van der Waals surface area contributed by atoms with E-state index in [2.05, 4.69) is 15.0 Å². The van der Waals surface area contributed by atoms with E-state index in [-0.39, 0.29) is 5.75 Å². The maximum Gasteiger partial charge on any atom is 0.142 e. The summed E-state index contributed by atoms with van der Waals surface area (Å²) in [5, 5.41) is 10.7. The van der Waals surface area contributed by atoms with Crippen LogP contribution in [0.15, 0.2) is 48.7 Å². The molecule has 0 amide bonds. The van der Waals surface area contributed by atoms with Crippen molar-refractivity contribution in [3.63, 3.8) is 0 Å². The second-order valence-corrected chi connectivity index (χ2v) is 4.86. The molecule has 4 aromatic rings. The van der Waals surface area contributed by atoms with E-state index in [0.29, 0.717) is 22.5 Å². The van der Waals surface area contributed by atoms with E-state index < -0.39 is 0 Å². The van der Waals surface area contributed by atoms with Gasteiger partial charge < -0.3 is 15.8 Å². The van der Waals surface area contributed by atoms with Gasteiger partial charge in [-0.1, -0.05) is 24.3 Å². The Labute approximate surface area is 120 Å². The van der Waals surface area contributed by atoms with Crippen molar-refractivity contribution >= 4 is 27.6 Å². The molecule has 0 atom stereocenters. The monoisotopic (exact) mass is 276 g/mol. The number of pyridine rings is 1. The number of aromatic nitrogens is 3. The Balaban J connectivity index is 2.00. The summed E-state index contributed by atoms with van der Waals surface area (Å²) >= 11 is 0. The number of phenols is 1. The second-order valence-electron chi connectivity index (χ2n) is 4.86. The maximum atomic E-state index is 9.85. The molecular weight excluding hydrogens is 264 g/mol. The minimum Gasteiger partial charge on any atom is -0.506 e. The van der Waals surface area contributed by atoms with Crippen LogP contribution in [0.1, 0.15) is 0 Å². The van der Waals surface area contributed by atoms with Crippen molar-refractivity contribution in [1.29, 1.82) is 0 Å². The molecule has 0 fully saturated rings. The van der Waals surface area contributed by atoms with Gasteiger partial charge in [0.15, 0.2) is 0 Å². The Bertz CT molecular complexity index is 975. The highest BCUT2D eigenvalue weighted by atomic mass is 16.3. The number of aromatic amines is 1. The highest BCUT2D eigenvalue weighted by Gasteiger charge is 2.13. The van der Waals surface area contributed by atoms with E-state index in [1.54, 1.807) is 18.3 Å². The molecule has 0 aliphatic rings. The Morgan fingerprint density at radius 3 is 2.67 bits per heavy atom. The fourth-order valence-electron chi connectivity index (χ4n) is 2.50. The number of nitrogen functional groups attached to an aromatic ring is 1. The van der Waals surface area contributed by atoms with Crippen molar-refractivity contribution < 1.29 is 5.11 Å². The average Bonchev–Trinajstić information content (AvgIpc) is 2.93. The van der Waals surface area contributed by atoms with Gasteiger partial charge in [0, 0.05) is 11.6 Å². The van der Waals surface area contributed by atoms with E-state index >= 15 is 0 Å². The number of nitrogens with zero attached hydrogens (tertiary/aromatic N) is 2. The fourth-order valence-corrected chi connectivity index (χ4v) is 2.50. The third-order valence-electron chi connectivity index (χ3n) is 3.57. The van der Waals surface area contributed by atoms with Gasteiger partial charge in [0.2, 0.25) is 0 Å². The second kappa shape index (κ2) is 4.21. The van der Waals surface area contributed by atoms with Crippen molar-refractivity contribution in [2.45, 2.75) is 0 Å². The zero-order valence-electron chi connectivity index (χ0n) is 11.0. The van der Waals surface area contributed by atoms with Gasteiger partial charge in [-0.3, -0.25) is 4.98 Å². The number of hydrogen-bond donors (Lipinski definition) is 3. The molecule has 0 unspecified atom stereocenters. The summed E-state index contributed by atoms with van der Waals surface area (Å²) in [4.78, 5) is 12.0. The molecule has 5 heteroatoms. The number of aromatic hydroxyl groups is 1. The first-order valence-corrected chi connectivity index (χ1v) is 6.55. The van der Waals surface area contributed by atoms with Gasteiger partial charge in [0.25, 0.3) is 0 Å². The van der Waals surface area contributed by atoms with Gasteiger partial charge >= 0.3 is 0 Å².